The van der Waals surface area contributed by atoms with E-state index in [2.05, 4.69) is 41.4 Å². The Labute approximate surface area is 181 Å². The highest BCUT2D eigenvalue weighted by atomic mass is 32.2. The molecule has 0 atom stereocenters. The molecule has 0 heterocycles. The number of thioether (sulfide) groups is 1. The fraction of sp³-hybridized carbons (Fsp3) is 0.167. The summed E-state index contributed by atoms with van der Waals surface area (Å²) >= 11 is 1.44. The van der Waals surface area contributed by atoms with Gasteiger partial charge in [-0.3, -0.25) is 0 Å². The standard InChI is InChI=1S/C24H25N3O2S/c1-18-11-13-19(14-12-18)16-29-23-21(9-6-10-22(23)28-2)15-26-27-24(25)30-17-20-7-4-3-5-8-20/h3-15H,16-17H2,1-2H3,(H2,25,27). The maximum absolute atomic E-state index is 6.05. The van der Waals surface area contributed by atoms with Crippen LogP contribution < -0.4 is 15.2 Å². The van der Waals surface area contributed by atoms with Crippen molar-refractivity contribution < 1.29 is 9.47 Å². The molecule has 0 amide bonds. The van der Waals surface area contributed by atoms with Crippen LogP contribution in [0.25, 0.3) is 0 Å². The highest BCUT2D eigenvalue weighted by molar-refractivity contribution is 8.13. The summed E-state index contributed by atoms with van der Waals surface area (Å²) < 4.78 is 11.5. The van der Waals surface area contributed by atoms with Gasteiger partial charge < -0.3 is 15.2 Å². The van der Waals surface area contributed by atoms with E-state index in [9.17, 15) is 0 Å². The Morgan fingerprint density at radius 2 is 1.73 bits per heavy atom. The number of para-hydroxylation sites is 1. The molecule has 0 saturated heterocycles. The molecule has 0 fully saturated rings. The Bertz CT molecular complexity index is 1000. The summed E-state index contributed by atoms with van der Waals surface area (Å²) in [4.78, 5) is 0. The first-order chi connectivity index (χ1) is 14.7. The van der Waals surface area contributed by atoms with Gasteiger partial charge >= 0.3 is 0 Å². The van der Waals surface area contributed by atoms with Crippen molar-refractivity contribution >= 4 is 23.1 Å². The number of nitrogens with zero attached hydrogens (tertiary/aromatic N) is 2. The molecule has 30 heavy (non-hydrogen) atoms. The van der Waals surface area contributed by atoms with Crippen molar-refractivity contribution in [3.05, 3.63) is 95.1 Å². The molecule has 6 heteroatoms. The minimum absolute atomic E-state index is 0.403. The van der Waals surface area contributed by atoms with Crippen LogP contribution in [0.15, 0.2) is 83.0 Å². The molecule has 0 unspecified atom stereocenters. The number of nitrogens with two attached hydrogens (primary N) is 1. The smallest absolute Gasteiger partial charge is 0.180 e. The molecule has 0 bridgehead atoms. The Kier molecular flexibility index (Phi) is 7.92. The number of benzene rings is 3. The van der Waals surface area contributed by atoms with Gasteiger partial charge in [0.15, 0.2) is 16.7 Å². The SMILES string of the molecule is COc1cccc(C=NN=C(N)SCc2ccccc2)c1OCc1ccc(C)cc1. The van der Waals surface area contributed by atoms with Gasteiger partial charge in [-0.05, 0) is 30.2 Å². The van der Waals surface area contributed by atoms with Crippen LogP contribution in [-0.2, 0) is 12.4 Å². The first-order valence-electron chi connectivity index (χ1n) is 9.54. The molecule has 3 aromatic rings. The first-order valence-corrected chi connectivity index (χ1v) is 10.5. The third kappa shape index (κ3) is 6.39. The Morgan fingerprint density at radius 3 is 2.47 bits per heavy atom. The van der Waals surface area contributed by atoms with E-state index in [-0.39, 0.29) is 0 Å². The van der Waals surface area contributed by atoms with E-state index in [1.54, 1.807) is 13.3 Å². The average molecular weight is 420 g/mol. The largest absolute Gasteiger partial charge is 0.493 e. The van der Waals surface area contributed by atoms with E-state index in [0.29, 0.717) is 23.3 Å². The summed E-state index contributed by atoms with van der Waals surface area (Å²) in [5.41, 5.74) is 10.2. The average Bonchev–Trinajstić information content (AvgIpc) is 2.78. The molecule has 154 valence electrons. The summed E-state index contributed by atoms with van der Waals surface area (Å²) in [7, 11) is 1.62. The summed E-state index contributed by atoms with van der Waals surface area (Å²) in [6.45, 7) is 2.49. The van der Waals surface area contributed by atoms with E-state index in [1.165, 1.54) is 22.9 Å². The lowest BCUT2D eigenvalue weighted by atomic mass is 10.1. The summed E-state index contributed by atoms with van der Waals surface area (Å²) in [6.07, 6.45) is 1.63. The van der Waals surface area contributed by atoms with Crippen LogP contribution in [0.1, 0.15) is 22.3 Å². The molecule has 0 saturated carbocycles. The van der Waals surface area contributed by atoms with Crippen LogP contribution in [0.3, 0.4) is 0 Å². The number of amidine groups is 1. The van der Waals surface area contributed by atoms with Gasteiger partial charge in [0, 0.05) is 11.3 Å². The number of aryl methyl sites for hydroxylation is 1. The molecular formula is C24H25N3O2S. The van der Waals surface area contributed by atoms with Gasteiger partial charge in [0.2, 0.25) is 0 Å². The summed E-state index contributed by atoms with van der Waals surface area (Å²) in [5.74, 6) is 2.01. The van der Waals surface area contributed by atoms with Crippen LogP contribution in [0, 0.1) is 6.92 Å². The van der Waals surface area contributed by atoms with Gasteiger partial charge in [-0.1, -0.05) is 78.0 Å². The number of hydrogen-bond acceptors (Lipinski definition) is 5. The number of methoxy groups -OCH3 is 1. The zero-order chi connectivity index (χ0) is 21.2. The zero-order valence-electron chi connectivity index (χ0n) is 17.1. The van der Waals surface area contributed by atoms with Gasteiger partial charge in [0.05, 0.1) is 13.3 Å². The predicted octanol–water partition coefficient (Wildman–Crippen LogP) is 5.16. The van der Waals surface area contributed by atoms with Gasteiger partial charge in [-0.2, -0.15) is 5.10 Å². The Balaban J connectivity index is 1.67. The molecule has 5 nitrogen and oxygen atoms in total. The second-order valence-electron chi connectivity index (χ2n) is 6.61. The van der Waals surface area contributed by atoms with E-state index in [4.69, 9.17) is 15.2 Å². The second-order valence-corrected chi connectivity index (χ2v) is 7.61. The minimum atomic E-state index is 0.403. The molecular weight excluding hydrogens is 394 g/mol. The first kappa shape index (κ1) is 21.5. The van der Waals surface area contributed by atoms with Crippen molar-refractivity contribution in [2.45, 2.75) is 19.3 Å². The quantitative estimate of drug-likeness (QED) is 0.311. The van der Waals surface area contributed by atoms with Crippen molar-refractivity contribution in [1.82, 2.24) is 0 Å². The minimum Gasteiger partial charge on any atom is -0.493 e. The third-order valence-corrected chi connectivity index (χ3v) is 5.17. The number of ether oxygens (including phenoxy) is 2. The fourth-order valence-corrected chi connectivity index (χ4v) is 3.31. The van der Waals surface area contributed by atoms with Crippen LogP contribution in [0.5, 0.6) is 11.5 Å². The fourth-order valence-electron chi connectivity index (χ4n) is 2.70. The van der Waals surface area contributed by atoms with Crippen molar-refractivity contribution in [3.8, 4) is 11.5 Å². The molecule has 0 aliphatic rings. The van der Waals surface area contributed by atoms with E-state index in [1.807, 2.05) is 48.5 Å². The lowest BCUT2D eigenvalue weighted by Gasteiger charge is -2.13. The highest BCUT2D eigenvalue weighted by Gasteiger charge is 2.09. The Hall–Kier alpha value is -3.25. The van der Waals surface area contributed by atoms with Crippen molar-refractivity contribution in [2.24, 2.45) is 15.9 Å². The van der Waals surface area contributed by atoms with Gasteiger partial charge in [0.25, 0.3) is 0 Å². The van der Waals surface area contributed by atoms with Crippen molar-refractivity contribution in [2.75, 3.05) is 7.11 Å². The van der Waals surface area contributed by atoms with Gasteiger partial charge in [-0.25, -0.2) is 0 Å². The van der Waals surface area contributed by atoms with E-state index < -0.39 is 0 Å². The zero-order valence-corrected chi connectivity index (χ0v) is 17.9. The van der Waals surface area contributed by atoms with Crippen LogP contribution in [0.4, 0.5) is 0 Å². The topological polar surface area (TPSA) is 69.2 Å². The van der Waals surface area contributed by atoms with Gasteiger partial charge in [-0.15, -0.1) is 5.10 Å². The van der Waals surface area contributed by atoms with Crippen LogP contribution in [0.2, 0.25) is 0 Å². The maximum atomic E-state index is 6.05. The van der Waals surface area contributed by atoms with E-state index in [0.717, 1.165) is 16.9 Å². The van der Waals surface area contributed by atoms with Gasteiger partial charge in [0.1, 0.15) is 6.61 Å². The summed E-state index contributed by atoms with van der Waals surface area (Å²) in [5, 5.41) is 8.63. The molecule has 0 spiro atoms. The Morgan fingerprint density at radius 1 is 0.967 bits per heavy atom. The highest BCUT2D eigenvalue weighted by Crippen LogP contribution is 2.31. The molecule has 0 aliphatic heterocycles. The molecule has 2 N–H and O–H groups in total. The normalized spacial score (nSPS) is 11.6. The molecule has 0 aromatic heterocycles. The third-order valence-electron chi connectivity index (χ3n) is 4.32. The van der Waals surface area contributed by atoms with Crippen molar-refractivity contribution in [3.63, 3.8) is 0 Å². The molecule has 0 aliphatic carbocycles. The lowest BCUT2D eigenvalue weighted by Crippen LogP contribution is -2.06. The van der Waals surface area contributed by atoms with Crippen LogP contribution in [-0.4, -0.2) is 18.5 Å². The maximum Gasteiger partial charge on any atom is 0.180 e. The summed E-state index contributed by atoms with van der Waals surface area (Å²) in [6, 6.07) is 24.0. The van der Waals surface area contributed by atoms with Crippen LogP contribution >= 0.6 is 11.8 Å². The molecule has 0 radical (unpaired) electrons. The van der Waals surface area contributed by atoms with E-state index >= 15 is 0 Å². The molecule has 3 aromatic carbocycles. The monoisotopic (exact) mass is 419 g/mol. The molecule has 3 rings (SSSR count). The predicted molar refractivity (Wildman–Crippen MR) is 125 cm³/mol. The number of rotatable bonds is 8. The number of hydrogen-bond donors (Lipinski definition) is 1. The van der Waals surface area contributed by atoms with Crippen molar-refractivity contribution in [1.29, 1.82) is 0 Å². The lowest BCUT2D eigenvalue weighted by molar-refractivity contribution is 0.284. The second kappa shape index (κ2) is 11.1.